The van der Waals surface area contributed by atoms with Gasteiger partial charge in [-0.3, -0.25) is 4.79 Å². The molecule has 1 saturated carbocycles. The molecular formula is C14H19NO3. The molecule has 1 unspecified atom stereocenters. The minimum Gasteiger partial charge on any atom is -0.496 e. The maximum atomic E-state index is 11.4. The molecule has 0 radical (unpaired) electrons. The van der Waals surface area contributed by atoms with Gasteiger partial charge in [0.1, 0.15) is 5.75 Å². The zero-order chi connectivity index (χ0) is 13.3. The normalized spacial score (nSPS) is 18.8. The first-order chi connectivity index (χ1) is 8.51. The SMILES string of the molecule is COc1ccc(C(N)C2(C(=O)O)CCC2)cc1C. The van der Waals surface area contributed by atoms with Crippen molar-refractivity contribution < 1.29 is 14.6 Å². The van der Waals surface area contributed by atoms with Crippen molar-refractivity contribution in [3.05, 3.63) is 29.3 Å². The van der Waals surface area contributed by atoms with Crippen molar-refractivity contribution in [3.63, 3.8) is 0 Å². The second-order valence-electron chi connectivity index (χ2n) is 5.02. The predicted molar refractivity (Wildman–Crippen MR) is 68.6 cm³/mol. The van der Waals surface area contributed by atoms with E-state index in [-0.39, 0.29) is 0 Å². The Labute approximate surface area is 107 Å². The highest BCUT2D eigenvalue weighted by Gasteiger charge is 2.49. The van der Waals surface area contributed by atoms with E-state index in [1.54, 1.807) is 7.11 Å². The molecule has 98 valence electrons. The number of nitrogens with two attached hydrogens (primary N) is 1. The molecule has 0 spiro atoms. The van der Waals surface area contributed by atoms with Gasteiger partial charge in [-0.15, -0.1) is 0 Å². The molecule has 1 aliphatic carbocycles. The monoisotopic (exact) mass is 249 g/mol. The Hall–Kier alpha value is -1.55. The van der Waals surface area contributed by atoms with E-state index in [1.165, 1.54) is 0 Å². The summed E-state index contributed by atoms with van der Waals surface area (Å²) < 4.78 is 5.20. The highest BCUT2D eigenvalue weighted by Crippen LogP contribution is 2.49. The molecule has 0 bridgehead atoms. The van der Waals surface area contributed by atoms with Crippen molar-refractivity contribution in [1.82, 2.24) is 0 Å². The fourth-order valence-corrected chi connectivity index (χ4v) is 2.63. The number of aryl methyl sites for hydroxylation is 1. The Morgan fingerprint density at radius 3 is 2.56 bits per heavy atom. The number of aliphatic carboxylic acids is 1. The lowest BCUT2D eigenvalue weighted by Crippen LogP contribution is -2.46. The number of carboxylic acids is 1. The third-order valence-corrected chi connectivity index (χ3v) is 4.05. The van der Waals surface area contributed by atoms with Crippen LogP contribution in [-0.4, -0.2) is 18.2 Å². The van der Waals surface area contributed by atoms with Crippen LogP contribution in [0.1, 0.15) is 36.4 Å². The topological polar surface area (TPSA) is 72.5 Å². The van der Waals surface area contributed by atoms with Crippen molar-refractivity contribution in [2.75, 3.05) is 7.11 Å². The average molecular weight is 249 g/mol. The van der Waals surface area contributed by atoms with Crippen LogP contribution in [0, 0.1) is 12.3 Å². The van der Waals surface area contributed by atoms with Gasteiger partial charge in [-0.1, -0.05) is 18.6 Å². The lowest BCUT2D eigenvalue weighted by atomic mass is 9.62. The van der Waals surface area contributed by atoms with Gasteiger partial charge in [-0.2, -0.15) is 0 Å². The summed E-state index contributed by atoms with van der Waals surface area (Å²) in [5.41, 5.74) is 7.25. The van der Waals surface area contributed by atoms with Gasteiger partial charge in [0.05, 0.1) is 12.5 Å². The number of rotatable bonds is 4. The van der Waals surface area contributed by atoms with Crippen molar-refractivity contribution in [2.45, 2.75) is 32.2 Å². The van der Waals surface area contributed by atoms with Gasteiger partial charge in [0, 0.05) is 6.04 Å². The molecule has 4 nitrogen and oxygen atoms in total. The van der Waals surface area contributed by atoms with Gasteiger partial charge in [-0.25, -0.2) is 0 Å². The molecule has 0 saturated heterocycles. The maximum absolute atomic E-state index is 11.4. The molecule has 18 heavy (non-hydrogen) atoms. The first kappa shape index (κ1) is 12.9. The second-order valence-corrected chi connectivity index (χ2v) is 5.02. The number of benzene rings is 1. The Kier molecular flexibility index (Phi) is 3.30. The van der Waals surface area contributed by atoms with Gasteiger partial charge in [0.2, 0.25) is 0 Å². The third kappa shape index (κ3) is 1.86. The fraction of sp³-hybridized carbons (Fsp3) is 0.500. The summed E-state index contributed by atoms with van der Waals surface area (Å²) in [7, 11) is 1.62. The van der Waals surface area contributed by atoms with Crippen LogP contribution in [-0.2, 0) is 4.79 Å². The minimum absolute atomic E-state index is 0.451. The summed E-state index contributed by atoms with van der Waals surface area (Å²) in [6.07, 6.45) is 2.26. The van der Waals surface area contributed by atoms with Crippen LogP contribution in [0.5, 0.6) is 5.75 Å². The summed E-state index contributed by atoms with van der Waals surface area (Å²) >= 11 is 0. The van der Waals surface area contributed by atoms with E-state index in [2.05, 4.69) is 0 Å². The molecule has 1 atom stereocenters. The molecule has 1 aromatic rings. The molecule has 0 aromatic heterocycles. The van der Waals surface area contributed by atoms with Crippen LogP contribution in [0.3, 0.4) is 0 Å². The molecule has 1 fully saturated rings. The van der Waals surface area contributed by atoms with Gasteiger partial charge in [0.15, 0.2) is 0 Å². The quantitative estimate of drug-likeness (QED) is 0.858. The number of carboxylic acid groups (broad SMARTS) is 1. The Balaban J connectivity index is 2.31. The van der Waals surface area contributed by atoms with E-state index in [0.29, 0.717) is 12.8 Å². The standard InChI is InChI=1S/C14H19NO3/c1-9-8-10(4-5-11(9)18-2)12(15)14(13(16)17)6-3-7-14/h4-5,8,12H,3,6-7,15H2,1-2H3,(H,16,17). The lowest BCUT2D eigenvalue weighted by Gasteiger charge is -2.42. The highest BCUT2D eigenvalue weighted by molar-refractivity contribution is 5.77. The molecule has 2 rings (SSSR count). The van der Waals surface area contributed by atoms with Crippen LogP contribution >= 0.6 is 0 Å². The molecular weight excluding hydrogens is 230 g/mol. The van der Waals surface area contributed by atoms with E-state index >= 15 is 0 Å². The van der Waals surface area contributed by atoms with Crippen LogP contribution in [0.4, 0.5) is 0 Å². The van der Waals surface area contributed by atoms with Crippen LogP contribution < -0.4 is 10.5 Å². The van der Waals surface area contributed by atoms with Gasteiger partial charge >= 0.3 is 5.97 Å². The Bertz CT molecular complexity index is 466. The smallest absolute Gasteiger partial charge is 0.311 e. The molecule has 1 aliphatic rings. The van der Waals surface area contributed by atoms with Gasteiger partial charge in [0.25, 0.3) is 0 Å². The van der Waals surface area contributed by atoms with E-state index in [1.807, 2.05) is 25.1 Å². The van der Waals surface area contributed by atoms with Gasteiger partial charge < -0.3 is 15.6 Å². The first-order valence-corrected chi connectivity index (χ1v) is 6.15. The summed E-state index contributed by atoms with van der Waals surface area (Å²) in [6.45, 7) is 1.93. The van der Waals surface area contributed by atoms with E-state index in [0.717, 1.165) is 23.3 Å². The summed E-state index contributed by atoms with van der Waals surface area (Å²) in [5, 5.41) is 9.38. The summed E-state index contributed by atoms with van der Waals surface area (Å²) in [4.78, 5) is 11.4. The second kappa shape index (κ2) is 4.61. The molecule has 0 heterocycles. The van der Waals surface area contributed by atoms with Crippen LogP contribution in [0.25, 0.3) is 0 Å². The zero-order valence-corrected chi connectivity index (χ0v) is 10.8. The van der Waals surface area contributed by atoms with Gasteiger partial charge in [-0.05, 0) is 37.0 Å². The Morgan fingerprint density at radius 2 is 2.17 bits per heavy atom. The molecule has 0 amide bonds. The molecule has 0 aliphatic heterocycles. The molecule has 3 N–H and O–H groups in total. The zero-order valence-electron chi connectivity index (χ0n) is 10.8. The van der Waals surface area contributed by atoms with Crippen LogP contribution in [0.15, 0.2) is 18.2 Å². The number of methoxy groups -OCH3 is 1. The Morgan fingerprint density at radius 1 is 1.50 bits per heavy atom. The number of hydrogen-bond donors (Lipinski definition) is 2. The average Bonchev–Trinajstić information content (AvgIpc) is 2.26. The largest absolute Gasteiger partial charge is 0.496 e. The van der Waals surface area contributed by atoms with Crippen molar-refractivity contribution in [3.8, 4) is 5.75 Å². The van der Waals surface area contributed by atoms with Crippen LogP contribution in [0.2, 0.25) is 0 Å². The van der Waals surface area contributed by atoms with E-state index in [4.69, 9.17) is 10.5 Å². The molecule has 4 heteroatoms. The minimum atomic E-state index is -0.783. The molecule has 1 aromatic carbocycles. The summed E-state index contributed by atoms with van der Waals surface area (Å²) in [6, 6.07) is 5.18. The highest BCUT2D eigenvalue weighted by atomic mass is 16.5. The van der Waals surface area contributed by atoms with E-state index < -0.39 is 17.4 Å². The predicted octanol–water partition coefficient (Wildman–Crippen LogP) is 2.26. The lowest BCUT2D eigenvalue weighted by molar-refractivity contribution is -0.156. The third-order valence-electron chi connectivity index (χ3n) is 4.05. The fourth-order valence-electron chi connectivity index (χ4n) is 2.63. The van der Waals surface area contributed by atoms with Crippen molar-refractivity contribution in [2.24, 2.45) is 11.1 Å². The first-order valence-electron chi connectivity index (χ1n) is 6.15. The maximum Gasteiger partial charge on any atom is 0.311 e. The van der Waals surface area contributed by atoms with E-state index in [9.17, 15) is 9.90 Å². The van der Waals surface area contributed by atoms with Crippen molar-refractivity contribution >= 4 is 5.97 Å². The van der Waals surface area contributed by atoms with Crippen molar-refractivity contribution in [1.29, 1.82) is 0 Å². The number of hydrogen-bond acceptors (Lipinski definition) is 3. The summed E-state index contributed by atoms with van der Waals surface area (Å²) in [5.74, 6) is 0.0126. The number of carbonyl (C=O) groups is 1. The number of ether oxygens (including phenoxy) is 1.